The summed E-state index contributed by atoms with van der Waals surface area (Å²) in [6.45, 7) is 0.674. The van der Waals surface area contributed by atoms with E-state index in [1.165, 1.54) is 0 Å². The van der Waals surface area contributed by atoms with Crippen molar-refractivity contribution < 1.29 is 9.59 Å². The van der Waals surface area contributed by atoms with Crippen LogP contribution >= 0.6 is 11.6 Å². The van der Waals surface area contributed by atoms with Crippen molar-refractivity contribution >= 4 is 23.4 Å². The van der Waals surface area contributed by atoms with Crippen LogP contribution in [0.4, 0.5) is 0 Å². The fourth-order valence-electron chi connectivity index (χ4n) is 1.77. The largest absolute Gasteiger partial charge is 0.352 e. The zero-order valence-electron chi connectivity index (χ0n) is 11.9. The van der Waals surface area contributed by atoms with E-state index in [0.717, 1.165) is 11.3 Å². The van der Waals surface area contributed by atoms with Crippen molar-refractivity contribution in [2.24, 2.45) is 0 Å². The normalized spacial score (nSPS) is 10.0. The third kappa shape index (κ3) is 5.54. The monoisotopic (exact) mass is 317 g/mol. The van der Waals surface area contributed by atoms with Crippen molar-refractivity contribution in [2.45, 2.75) is 19.5 Å². The van der Waals surface area contributed by atoms with Crippen molar-refractivity contribution in [2.75, 3.05) is 0 Å². The molecule has 2 rings (SSSR count). The Kier molecular flexibility index (Phi) is 5.91. The summed E-state index contributed by atoms with van der Waals surface area (Å²) in [7, 11) is 0. The van der Waals surface area contributed by atoms with Gasteiger partial charge in [-0.25, -0.2) is 0 Å². The Balaban J connectivity index is 1.70. The molecule has 0 saturated carbocycles. The van der Waals surface area contributed by atoms with Gasteiger partial charge in [-0.3, -0.25) is 14.6 Å². The van der Waals surface area contributed by atoms with E-state index >= 15 is 0 Å². The molecule has 0 unspecified atom stereocenters. The average Bonchev–Trinajstić information content (AvgIpc) is 2.53. The van der Waals surface area contributed by atoms with E-state index in [-0.39, 0.29) is 18.2 Å². The van der Waals surface area contributed by atoms with Gasteiger partial charge in [0.15, 0.2) is 0 Å². The number of carbonyl (C=O) groups excluding carboxylic acids is 2. The highest BCUT2D eigenvalue weighted by molar-refractivity contribution is 6.30. The van der Waals surface area contributed by atoms with E-state index in [4.69, 9.17) is 11.6 Å². The van der Waals surface area contributed by atoms with Crippen LogP contribution in [-0.4, -0.2) is 16.8 Å². The summed E-state index contributed by atoms with van der Waals surface area (Å²) in [5.41, 5.74) is 1.67. The fourth-order valence-corrected chi connectivity index (χ4v) is 1.89. The quantitative estimate of drug-likeness (QED) is 0.801. The minimum atomic E-state index is -0.334. The maximum atomic E-state index is 11.7. The van der Waals surface area contributed by atoms with Crippen LogP contribution in [0.1, 0.15) is 17.7 Å². The van der Waals surface area contributed by atoms with Crippen molar-refractivity contribution in [3.8, 4) is 0 Å². The second-order valence-corrected chi connectivity index (χ2v) is 5.11. The van der Waals surface area contributed by atoms with Gasteiger partial charge in [0.05, 0.1) is 12.2 Å². The number of amides is 2. The molecule has 0 spiro atoms. The first kappa shape index (κ1) is 16.0. The van der Waals surface area contributed by atoms with Gasteiger partial charge < -0.3 is 10.6 Å². The zero-order valence-corrected chi connectivity index (χ0v) is 12.6. The molecule has 22 heavy (non-hydrogen) atoms. The summed E-state index contributed by atoms with van der Waals surface area (Å²) < 4.78 is 0. The second-order valence-electron chi connectivity index (χ2n) is 4.68. The number of carbonyl (C=O) groups is 2. The molecule has 1 aromatic heterocycles. The van der Waals surface area contributed by atoms with Crippen LogP contribution in [0.5, 0.6) is 0 Å². The van der Waals surface area contributed by atoms with Crippen LogP contribution in [-0.2, 0) is 22.7 Å². The van der Waals surface area contributed by atoms with E-state index in [0.29, 0.717) is 18.1 Å². The molecule has 6 heteroatoms. The van der Waals surface area contributed by atoms with Gasteiger partial charge in [0.1, 0.15) is 6.42 Å². The fraction of sp³-hybridized carbons (Fsp3) is 0.188. The van der Waals surface area contributed by atoms with Crippen molar-refractivity contribution in [1.29, 1.82) is 0 Å². The van der Waals surface area contributed by atoms with Crippen LogP contribution in [0.2, 0.25) is 5.02 Å². The van der Waals surface area contributed by atoms with E-state index in [1.807, 2.05) is 18.2 Å². The smallest absolute Gasteiger partial charge is 0.229 e. The molecule has 1 heterocycles. The van der Waals surface area contributed by atoms with Crippen LogP contribution in [0.3, 0.4) is 0 Å². The Morgan fingerprint density at radius 3 is 2.27 bits per heavy atom. The lowest BCUT2D eigenvalue weighted by atomic mass is 10.2. The molecule has 114 valence electrons. The lowest BCUT2D eigenvalue weighted by molar-refractivity contribution is -0.129. The van der Waals surface area contributed by atoms with Crippen molar-refractivity contribution in [3.05, 3.63) is 64.9 Å². The number of hydrogen-bond acceptors (Lipinski definition) is 3. The molecule has 1 aromatic carbocycles. The first-order valence-corrected chi connectivity index (χ1v) is 7.19. The molecule has 0 atom stereocenters. The lowest BCUT2D eigenvalue weighted by Crippen LogP contribution is -2.31. The Bertz CT molecular complexity index is 630. The van der Waals surface area contributed by atoms with Gasteiger partial charge in [-0.1, -0.05) is 29.8 Å². The molecule has 0 fully saturated rings. The standard InChI is InChI=1S/C16H16ClN3O2/c17-13-6-4-12(5-7-13)10-19-15(21)9-16(22)20-11-14-3-1-2-8-18-14/h1-8H,9-11H2,(H,19,21)(H,20,22). The van der Waals surface area contributed by atoms with Gasteiger partial charge in [0.2, 0.25) is 11.8 Å². The van der Waals surface area contributed by atoms with Gasteiger partial charge in [0.25, 0.3) is 0 Å². The van der Waals surface area contributed by atoms with E-state index in [1.54, 1.807) is 30.5 Å². The van der Waals surface area contributed by atoms with E-state index in [2.05, 4.69) is 15.6 Å². The molecule has 2 aromatic rings. The number of halogens is 1. The Morgan fingerprint density at radius 1 is 0.955 bits per heavy atom. The average molecular weight is 318 g/mol. The highest BCUT2D eigenvalue weighted by Gasteiger charge is 2.09. The molecular formula is C16H16ClN3O2. The first-order chi connectivity index (χ1) is 10.6. The van der Waals surface area contributed by atoms with Gasteiger partial charge in [-0.05, 0) is 29.8 Å². The molecule has 0 aliphatic carbocycles. The molecule has 2 N–H and O–H groups in total. The minimum absolute atomic E-state index is 0.208. The van der Waals surface area contributed by atoms with Gasteiger partial charge in [-0.2, -0.15) is 0 Å². The van der Waals surface area contributed by atoms with E-state index in [9.17, 15) is 9.59 Å². The Labute approximate surface area is 133 Å². The Hall–Kier alpha value is -2.40. The molecule has 0 aliphatic rings. The van der Waals surface area contributed by atoms with Crippen molar-refractivity contribution in [3.63, 3.8) is 0 Å². The molecule has 0 bridgehead atoms. The van der Waals surface area contributed by atoms with Gasteiger partial charge in [0, 0.05) is 17.8 Å². The highest BCUT2D eigenvalue weighted by atomic mass is 35.5. The zero-order chi connectivity index (χ0) is 15.8. The van der Waals surface area contributed by atoms with E-state index < -0.39 is 0 Å². The van der Waals surface area contributed by atoms with Crippen molar-refractivity contribution in [1.82, 2.24) is 15.6 Å². The topological polar surface area (TPSA) is 71.1 Å². The predicted molar refractivity (Wildman–Crippen MR) is 84.0 cm³/mol. The summed E-state index contributed by atoms with van der Waals surface area (Å²) in [6.07, 6.45) is 1.45. The number of hydrogen-bond donors (Lipinski definition) is 2. The summed E-state index contributed by atoms with van der Waals surface area (Å²) in [5.74, 6) is -0.660. The number of rotatable bonds is 6. The summed E-state index contributed by atoms with van der Waals surface area (Å²) >= 11 is 5.78. The molecule has 0 aliphatic heterocycles. The molecule has 0 radical (unpaired) electrons. The van der Waals surface area contributed by atoms with Gasteiger partial charge >= 0.3 is 0 Å². The third-order valence-electron chi connectivity index (χ3n) is 2.92. The van der Waals surface area contributed by atoms with Crippen LogP contribution in [0.25, 0.3) is 0 Å². The minimum Gasteiger partial charge on any atom is -0.352 e. The van der Waals surface area contributed by atoms with Crippen LogP contribution in [0, 0.1) is 0 Å². The van der Waals surface area contributed by atoms with Gasteiger partial charge in [-0.15, -0.1) is 0 Å². The summed E-state index contributed by atoms with van der Waals surface area (Å²) in [5, 5.41) is 5.99. The predicted octanol–water partition coefficient (Wildman–Crippen LogP) is 2.06. The highest BCUT2D eigenvalue weighted by Crippen LogP contribution is 2.09. The van der Waals surface area contributed by atoms with Crippen LogP contribution in [0.15, 0.2) is 48.7 Å². The third-order valence-corrected chi connectivity index (χ3v) is 3.17. The molecule has 2 amide bonds. The Morgan fingerprint density at radius 2 is 1.64 bits per heavy atom. The SMILES string of the molecule is O=C(CC(=O)NCc1ccccn1)NCc1ccc(Cl)cc1. The summed E-state index contributed by atoms with van der Waals surface area (Å²) in [4.78, 5) is 27.4. The first-order valence-electron chi connectivity index (χ1n) is 6.81. The molecule has 5 nitrogen and oxygen atoms in total. The maximum Gasteiger partial charge on any atom is 0.229 e. The number of nitrogens with zero attached hydrogens (tertiary/aromatic N) is 1. The summed E-state index contributed by atoms with van der Waals surface area (Å²) in [6, 6.07) is 12.6. The second kappa shape index (κ2) is 8.14. The number of aromatic nitrogens is 1. The molecule has 0 saturated heterocycles. The number of nitrogens with one attached hydrogen (secondary N) is 2. The molecular weight excluding hydrogens is 302 g/mol. The van der Waals surface area contributed by atoms with Crippen LogP contribution < -0.4 is 10.6 Å². The maximum absolute atomic E-state index is 11.7. The number of benzene rings is 1. The number of pyridine rings is 1. The lowest BCUT2D eigenvalue weighted by Gasteiger charge is -2.06.